The summed E-state index contributed by atoms with van der Waals surface area (Å²) >= 11 is 1.89. The molecular formula is C54H33NOS. The molecule has 266 valence electrons. The van der Waals surface area contributed by atoms with E-state index in [1.54, 1.807) is 0 Å². The second-order valence-electron chi connectivity index (χ2n) is 15.5. The van der Waals surface area contributed by atoms with Crippen molar-refractivity contribution in [3.05, 3.63) is 221 Å². The summed E-state index contributed by atoms with van der Waals surface area (Å²) in [6, 6.07) is 69.8. The number of nitrogens with zero attached hydrogens (tertiary/aromatic N) is 1. The van der Waals surface area contributed by atoms with E-state index in [4.69, 9.17) is 4.42 Å². The van der Waals surface area contributed by atoms with Gasteiger partial charge in [0.15, 0.2) is 0 Å². The molecule has 0 unspecified atom stereocenters. The second kappa shape index (κ2) is 11.6. The third-order valence-electron chi connectivity index (χ3n) is 12.7. The molecule has 0 fully saturated rings. The molecule has 9 aromatic carbocycles. The number of fused-ring (bicyclic) bond motifs is 17. The van der Waals surface area contributed by atoms with Gasteiger partial charge in [-0.1, -0.05) is 151 Å². The fourth-order valence-electron chi connectivity index (χ4n) is 10.5. The van der Waals surface area contributed by atoms with Crippen molar-refractivity contribution in [1.29, 1.82) is 0 Å². The van der Waals surface area contributed by atoms with Gasteiger partial charge in [0.25, 0.3) is 0 Å². The molecule has 0 atom stereocenters. The lowest BCUT2D eigenvalue weighted by molar-refractivity contribution is 0.669. The number of furan rings is 1. The van der Waals surface area contributed by atoms with Crippen LogP contribution >= 0.6 is 11.8 Å². The van der Waals surface area contributed by atoms with Crippen molar-refractivity contribution in [3.63, 3.8) is 0 Å². The molecule has 13 rings (SSSR count). The molecule has 0 amide bonds. The van der Waals surface area contributed by atoms with Gasteiger partial charge in [-0.25, -0.2) is 0 Å². The molecule has 1 spiro atoms. The van der Waals surface area contributed by atoms with Crippen LogP contribution in [0.25, 0.3) is 55.0 Å². The van der Waals surface area contributed by atoms with Gasteiger partial charge < -0.3 is 9.32 Å². The molecule has 0 saturated heterocycles. The van der Waals surface area contributed by atoms with Crippen LogP contribution in [-0.2, 0) is 11.8 Å². The van der Waals surface area contributed by atoms with Crippen molar-refractivity contribution in [3.8, 4) is 22.3 Å². The Labute approximate surface area is 334 Å². The van der Waals surface area contributed by atoms with E-state index in [1.165, 1.54) is 81.9 Å². The maximum Gasteiger partial charge on any atom is 0.137 e. The zero-order chi connectivity index (χ0) is 37.2. The normalized spacial score (nSPS) is 14.0. The van der Waals surface area contributed by atoms with Crippen LogP contribution in [0.4, 0.5) is 17.1 Å². The fraction of sp³-hybridized carbons (Fsp3) is 0.0370. The fourth-order valence-corrected chi connectivity index (χ4v) is 11.7. The van der Waals surface area contributed by atoms with Crippen LogP contribution in [0.2, 0.25) is 0 Å². The standard InChI is InChI=1S/C54H33NOS/c1-3-16-37-33(13-1)27-29-48-52(37)53-46(24-12-25-47(53)56-48)55(45-23-11-15-35-31-34-14-2-4-17-38(34)51(35)45)36-28-30-50-44(32-36)54(43-22-9-10-26-49(43)57-50)41-20-7-5-18-39(41)40-19-6-8-21-42(40)54/h1-30,32H,31H2. The van der Waals surface area contributed by atoms with Gasteiger partial charge in [0.2, 0.25) is 0 Å². The first kappa shape index (κ1) is 31.4. The summed E-state index contributed by atoms with van der Waals surface area (Å²) in [7, 11) is 0. The third kappa shape index (κ3) is 4.16. The van der Waals surface area contributed by atoms with E-state index in [9.17, 15) is 0 Å². The van der Waals surface area contributed by atoms with Gasteiger partial charge in [0.05, 0.1) is 22.2 Å². The van der Waals surface area contributed by atoms with Gasteiger partial charge in [-0.2, -0.15) is 0 Å². The molecule has 3 aliphatic rings. The van der Waals surface area contributed by atoms with Gasteiger partial charge in [0.1, 0.15) is 11.2 Å². The summed E-state index contributed by atoms with van der Waals surface area (Å²) in [4.78, 5) is 5.12. The predicted molar refractivity (Wildman–Crippen MR) is 236 cm³/mol. The molecule has 0 N–H and O–H groups in total. The smallest absolute Gasteiger partial charge is 0.137 e. The lowest BCUT2D eigenvalue weighted by Gasteiger charge is -2.40. The summed E-state index contributed by atoms with van der Waals surface area (Å²) in [5, 5.41) is 4.67. The van der Waals surface area contributed by atoms with Crippen LogP contribution in [0.3, 0.4) is 0 Å². The third-order valence-corrected chi connectivity index (χ3v) is 13.9. The first-order chi connectivity index (χ1) is 28.3. The lowest BCUT2D eigenvalue weighted by atomic mass is 9.67. The minimum atomic E-state index is -0.484. The van der Waals surface area contributed by atoms with Gasteiger partial charge in [0, 0.05) is 26.4 Å². The molecule has 3 heteroatoms. The molecule has 57 heavy (non-hydrogen) atoms. The van der Waals surface area contributed by atoms with Crippen LogP contribution in [-0.4, -0.2) is 0 Å². The van der Waals surface area contributed by atoms with Crippen molar-refractivity contribution in [2.45, 2.75) is 21.6 Å². The van der Waals surface area contributed by atoms with Gasteiger partial charge in [-0.05, 0) is 116 Å². The van der Waals surface area contributed by atoms with Crippen LogP contribution in [0.1, 0.15) is 33.4 Å². The van der Waals surface area contributed by atoms with Crippen molar-refractivity contribution < 1.29 is 4.42 Å². The van der Waals surface area contributed by atoms with Crippen LogP contribution in [0, 0.1) is 0 Å². The monoisotopic (exact) mass is 743 g/mol. The summed E-state index contributed by atoms with van der Waals surface area (Å²) in [5.41, 5.74) is 18.0. The minimum Gasteiger partial charge on any atom is -0.456 e. The molecule has 10 aromatic rings. The maximum absolute atomic E-state index is 6.73. The van der Waals surface area contributed by atoms with E-state index in [-0.39, 0.29) is 0 Å². The molecule has 1 aromatic heterocycles. The average molecular weight is 744 g/mol. The van der Waals surface area contributed by atoms with E-state index in [0.29, 0.717) is 0 Å². The van der Waals surface area contributed by atoms with E-state index in [0.717, 1.165) is 39.7 Å². The second-order valence-corrected chi connectivity index (χ2v) is 16.6. The van der Waals surface area contributed by atoms with Crippen molar-refractivity contribution in [1.82, 2.24) is 0 Å². The zero-order valence-corrected chi connectivity index (χ0v) is 31.7. The van der Waals surface area contributed by atoms with Crippen LogP contribution < -0.4 is 4.90 Å². The van der Waals surface area contributed by atoms with Crippen molar-refractivity contribution >= 4 is 61.5 Å². The molecule has 0 bridgehead atoms. The summed E-state index contributed by atoms with van der Waals surface area (Å²) in [6.45, 7) is 0. The highest BCUT2D eigenvalue weighted by molar-refractivity contribution is 7.99. The maximum atomic E-state index is 6.73. The Morgan fingerprint density at radius 1 is 0.456 bits per heavy atom. The predicted octanol–water partition coefficient (Wildman–Crippen LogP) is 14.6. The Hall–Kier alpha value is -6.81. The zero-order valence-electron chi connectivity index (χ0n) is 30.9. The van der Waals surface area contributed by atoms with Gasteiger partial charge >= 0.3 is 0 Å². The Balaban J connectivity index is 1.16. The lowest BCUT2D eigenvalue weighted by Crippen LogP contribution is -2.32. The summed E-state index contributed by atoms with van der Waals surface area (Å²) in [5.74, 6) is 0. The highest BCUT2D eigenvalue weighted by atomic mass is 32.2. The minimum absolute atomic E-state index is 0.484. The van der Waals surface area contributed by atoms with Crippen LogP contribution in [0.15, 0.2) is 202 Å². The molecular weight excluding hydrogens is 711 g/mol. The van der Waals surface area contributed by atoms with Crippen molar-refractivity contribution in [2.24, 2.45) is 0 Å². The Morgan fingerprint density at radius 2 is 1.11 bits per heavy atom. The van der Waals surface area contributed by atoms with Crippen molar-refractivity contribution in [2.75, 3.05) is 4.90 Å². The molecule has 2 nitrogen and oxygen atoms in total. The molecule has 0 saturated carbocycles. The first-order valence-electron chi connectivity index (χ1n) is 19.7. The Kier molecular flexibility index (Phi) is 6.40. The summed E-state index contributed by atoms with van der Waals surface area (Å²) < 4.78 is 6.73. The SMILES string of the molecule is c1ccc2c(c1)Cc1cccc(N(c3ccc4c(c3)C3(c5ccccc5S4)c4ccccc4-c4ccccc43)c3cccc4oc5ccc6ccccc6c5c34)c1-2. The number of rotatable bonds is 3. The highest BCUT2D eigenvalue weighted by Crippen LogP contribution is 2.63. The van der Waals surface area contributed by atoms with E-state index in [2.05, 4.69) is 193 Å². The molecule has 0 radical (unpaired) electrons. The number of benzene rings is 9. The number of hydrogen-bond acceptors (Lipinski definition) is 3. The molecule has 1 aliphatic heterocycles. The van der Waals surface area contributed by atoms with Crippen LogP contribution in [0.5, 0.6) is 0 Å². The highest BCUT2D eigenvalue weighted by Gasteiger charge is 2.50. The Bertz CT molecular complexity index is 3290. The van der Waals surface area contributed by atoms with Gasteiger partial charge in [-0.15, -0.1) is 0 Å². The largest absolute Gasteiger partial charge is 0.456 e. The quantitative estimate of drug-likeness (QED) is 0.179. The van der Waals surface area contributed by atoms with E-state index < -0.39 is 5.41 Å². The van der Waals surface area contributed by atoms with Gasteiger partial charge in [-0.3, -0.25) is 0 Å². The topological polar surface area (TPSA) is 16.4 Å². The average Bonchev–Trinajstić information content (AvgIpc) is 3.94. The van der Waals surface area contributed by atoms with E-state index in [1.807, 2.05) is 11.8 Å². The number of anilines is 3. The number of hydrogen-bond donors (Lipinski definition) is 0. The molecule has 2 heterocycles. The van der Waals surface area contributed by atoms with E-state index >= 15 is 0 Å². The first-order valence-corrected chi connectivity index (χ1v) is 20.5. The molecule has 2 aliphatic carbocycles. The summed E-state index contributed by atoms with van der Waals surface area (Å²) in [6.07, 6.45) is 0.922. The Morgan fingerprint density at radius 3 is 1.96 bits per heavy atom.